The second-order valence-corrected chi connectivity index (χ2v) is 4.66. The lowest BCUT2D eigenvalue weighted by atomic mass is 10.3. The molecule has 4 nitrogen and oxygen atoms in total. The number of nitrogens with one attached hydrogen (secondary N) is 2. The predicted molar refractivity (Wildman–Crippen MR) is 76.5 cm³/mol. The standard InChI is InChI=1S/C14H11ClFN3O/c1-8-13(15)12-11(6-7-17-14(12)18-8)20-19-10-5-3-2-4-9(10)16/h2-7,19H,1H3,(H,17,18). The molecule has 0 unspecified atom stereocenters. The Hall–Kier alpha value is -2.27. The molecule has 0 bridgehead atoms. The van der Waals surface area contributed by atoms with Crippen LogP contribution in [0.3, 0.4) is 0 Å². The van der Waals surface area contributed by atoms with Crippen LogP contribution in [0.2, 0.25) is 5.02 Å². The second-order valence-electron chi connectivity index (χ2n) is 4.28. The van der Waals surface area contributed by atoms with Crippen molar-refractivity contribution in [2.45, 2.75) is 6.92 Å². The van der Waals surface area contributed by atoms with Crippen molar-refractivity contribution >= 4 is 28.3 Å². The number of hydrogen-bond donors (Lipinski definition) is 2. The number of rotatable bonds is 3. The fourth-order valence-electron chi connectivity index (χ4n) is 1.91. The Kier molecular flexibility index (Phi) is 3.20. The van der Waals surface area contributed by atoms with Crippen LogP contribution < -0.4 is 10.3 Å². The molecule has 0 fully saturated rings. The number of aromatic nitrogens is 2. The van der Waals surface area contributed by atoms with Gasteiger partial charge in [0.1, 0.15) is 17.2 Å². The first-order valence-electron chi connectivity index (χ1n) is 5.97. The van der Waals surface area contributed by atoms with E-state index in [0.29, 0.717) is 21.8 Å². The van der Waals surface area contributed by atoms with E-state index in [1.807, 2.05) is 6.92 Å². The zero-order valence-electron chi connectivity index (χ0n) is 10.6. The Morgan fingerprint density at radius 1 is 1.30 bits per heavy atom. The van der Waals surface area contributed by atoms with Gasteiger partial charge in [-0.05, 0) is 19.1 Å². The summed E-state index contributed by atoms with van der Waals surface area (Å²) < 4.78 is 13.5. The number of pyridine rings is 1. The van der Waals surface area contributed by atoms with E-state index < -0.39 is 5.82 Å². The Bertz CT molecular complexity index is 772. The highest BCUT2D eigenvalue weighted by molar-refractivity contribution is 6.36. The normalized spacial score (nSPS) is 10.8. The summed E-state index contributed by atoms with van der Waals surface area (Å²) in [5, 5.41) is 1.20. The summed E-state index contributed by atoms with van der Waals surface area (Å²) in [6.45, 7) is 1.85. The molecule has 3 rings (SSSR count). The highest BCUT2D eigenvalue weighted by atomic mass is 35.5. The van der Waals surface area contributed by atoms with E-state index in [4.69, 9.17) is 16.4 Å². The van der Waals surface area contributed by atoms with Crippen LogP contribution in [0.4, 0.5) is 10.1 Å². The maximum atomic E-state index is 13.5. The Labute approximate surface area is 119 Å². The third-order valence-corrected chi connectivity index (χ3v) is 3.38. The van der Waals surface area contributed by atoms with Crippen molar-refractivity contribution in [2.75, 3.05) is 5.48 Å². The molecule has 0 atom stereocenters. The van der Waals surface area contributed by atoms with Gasteiger partial charge in [0.15, 0.2) is 5.75 Å². The van der Waals surface area contributed by atoms with Crippen LogP contribution in [0, 0.1) is 12.7 Å². The lowest BCUT2D eigenvalue weighted by Gasteiger charge is -2.09. The van der Waals surface area contributed by atoms with Crippen molar-refractivity contribution in [2.24, 2.45) is 0 Å². The fraction of sp³-hybridized carbons (Fsp3) is 0.0714. The van der Waals surface area contributed by atoms with E-state index in [1.54, 1.807) is 30.5 Å². The summed E-state index contributed by atoms with van der Waals surface area (Å²) in [5.74, 6) is 0.0850. The van der Waals surface area contributed by atoms with Crippen molar-refractivity contribution in [1.29, 1.82) is 0 Å². The average Bonchev–Trinajstić information content (AvgIpc) is 2.74. The highest BCUT2D eigenvalue weighted by Gasteiger charge is 2.13. The quantitative estimate of drug-likeness (QED) is 0.715. The molecule has 6 heteroatoms. The van der Waals surface area contributed by atoms with Gasteiger partial charge in [-0.15, -0.1) is 0 Å². The van der Waals surface area contributed by atoms with Crippen LogP contribution in [0.25, 0.3) is 11.0 Å². The number of halogens is 2. The van der Waals surface area contributed by atoms with Crippen molar-refractivity contribution < 1.29 is 9.23 Å². The number of nitrogens with zero attached hydrogens (tertiary/aromatic N) is 1. The first-order valence-corrected chi connectivity index (χ1v) is 6.35. The summed E-state index contributed by atoms with van der Waals surface area (Å²) in [6.07, 6.45) is 1.59. The molecule has 0 saturated carbocycles. The molecule has 20 heavy (non-hydrogen) atoms. The van der Waals surface area contributed by atoms with Gasteiger partial charge in [-0.2, -0.15) is 0 Å². The molecule has 0 aliphatic heterocycles. The van der Waals surface area contributed by atoms with Gasteiger partial charge >= 0.3 is 0 Å². The zero-order valence-corrected chi connectivity index (χ0v) is 11.3. The number of H-pyrrole nitrogens is 1. The molecule has 2 N–H and O–H groups in total. The number of aromatic amines is 1. The molecule has 0 saturated heterocycles. The van der Waals surface area contributed by atoms with Crippen LogP contribution in [0.5, 0.6) is 5.75 Å². The largest absolute Gasteiger partial charge is 0.381 e. The van der Waals surface area contributed by atoms with Crippen molar-refractivity contribution in [1.82, 2.24) is 9.97 Å². The van der Waals surface area contributed by atoms with Gasteiger partial charge in [0.05, 0.1) is 10.4 Å². The molecular weight excluding hydrogens is 281 g/mol. The molecular formula is C14H11ClFN3O. The minimum Gasteiger partial charge on any atom is -0.381 e. The molecule has 2 heterocycles. The van der Waals surface area contributed by atoms with Gasteiger partial charge in [-0.3, -0.25) is 0 Å². The fourth-order valence-corrected chi connectivity index (χ4v) is 2.14. The summed E-state index contributed by atoms with van der Waals surface area (Å²) in [6, 6.07) is 7.91. The van der Waals surface area contributed by atoms with Gasteiger partial charge in [-0.25, -0.2) is 14.9 Å². The van der Waals surface area contributed by atoms with Gasteiger partial charge in [-0.1, -0.05) is 23.7 Å². The summed E-state index contributed by atoms with van der Waals surface area (Å²) in [5.41, 5.74) is 4.26. The van der Waals surface area contributed by atoms with E-state index in [0.717, 1.165) is 5.69 Å². The number of hydrogen-bond acceptors (Lipinski definition) is 3. The Balaban J connectivity index is 1.94. The molecule has 0 spiro atoms. The molecule has 3 aromatic rings. The number of anilines is 1. The van der Waals surface area contributed by atoms with Crippen LogP contribution in [-0.2, 0) is 0 Å². The lowest BCUT2D eigenvalue weighted by Crippen LogP contribution is -2.06. The lowest BCUT2D eigenvalue weighted by molar-refractivity contribution is 0.404. The van der Waals surface area contributed by atoms with E-state index in [9.17, 15) is 4.39 Å². The van der Waals surface area contributed by atoms with Gasteiger partial charge < -0.3 is 9.82 Å². The number of fused-ring (bicyclic) bond motifs is 1. The molecule has 102 valence electrons. The van der Waals surface area contributed by atoms with Crippen LogP contribution in [0.1, 0.15) is 5.69 Å². The number of aryl methyl sites for hydroxylation is 1. The first-order chi connectivity index (χ1) is 9.66. The van der Waals surface area contributed by atoms with Crippen LogP contribution >= 0.6 is 11.6 Å². The van der Waals surface area contributed by atoms with Crippen LogP contribution in [0.15, 0.2) is 36.5 Å². The maximum absolute atomic E-state index is 13.5. The molecule has 0 aliphatic carbocycles. The van der Waals surface area contributed by atoms with E-state index >= 15 is 0 Å². The van der Waals surface area contributed by atoms with Gasteiger partial charge in [0.25, 0.3) is 0 Å². The molecule has 0 amide bonds. The minimum atomic E-state index is -0.394. The van der Waals surface area contributed by atoms with E-state index in [2.05, 4.69) is 15.4 Å². The van der Waals surface area contributed by atoms with Gasteiger partial charge in [0.2, 0.25) is 0 Å². The predicted octanol–water partition coefficient (Wildman–Crippen LogP) is 4.07. The third-order valence-electron chi connectivity index (χ3n) is 2.91. The topological polar surface area (TPSA) is 49.9 Å². The van der Waals surface area contributed by atoms with Crippen molar-refractivity contribution in [3.8, 4) is 5.75 Å². The zero-order chi connectivity index (χ0) is 14.1. The smallest absolute Gasteiger partial charge is 0.169 e. The third kappa shape index (κ3) is 2.16. The summed E-state index contributed by atoms with van der Waals surface area (Å²) >= 11 is 6.21. The highest BCUT2D eigenvalue weighted by Crippen LogP contribution is 2.33. The molecule has 2 aromatic heterocycles. The molecule has 0 radical (unpaired) electrons. The number of para-hydroxylation sites is 1. The second kappa shape index (κ2) is 5.02. The van der Waals surface area contributed by atoms with E-state index in [-0.39, 0.29) is 5.69 Å². The van der Waals surface area contributed by atoms with Crippen molar-refractivity contribution in [3.63, 3.8) is 0 Å². The molecule has 1 aromatic carbocycles. The Morgan fingerprint density at radius 3 is 2.90 bits per heavy atom. The monoisotopic (exact) mass is 291 g/mol. The minimum absolute atomic E-state index is 0.251. The molecule has 0 aliphatic rings. The maximum Gasteiger partial charge on any atom is 0.169 e. The summed E-state index contributed by atoms with van der Waals surface area (Å²) in [7, 11) is 0. The van der Waals surface area contributed by atoms with Crippen LogP contribution in [-0.4, -0.2) is 9.97 Å². The van der Waals surface area contributed by atoms with E-state index in [1.165, 1.54) is 6.07 Å². The average molecular weight is 292 g/mol. The van der Waals surface area contributed by atoms with Gasteiger partial charge in [0, 0.05) is 18.0 Å². The Morgan fingerprint density at radius 2 is 2.10 bits per heavy atom. The summed E-state index contributed by atoms with van der Waals surface area (Å²) in [4.78, 5) is 12.7. The SMILES string of the molecule is Cc1[nH]c2nccc(ONc3ccccc3F)c2c1Cl. The first kappa shape index (κ1) is 12.7. The van der Waals surface area contributed by atoms with Crippen molar-refractivity contribution in [3.05, 3.63) is 53.1 Å². The number of benzene rings is 1.